The third-order valence-corrected chi connectivity index (χ3v) is 4.10. The van der Waals surface area contributed by atoms with Gasteiger partial charge in [0, 0.05) is 31.9 Å². The predicted molar refractivity (Wildman–Crippen MR) is 55.9 cm³/mol. The number of hydrogen-bond acceptors (Lipinski definition) is 0. The molecule has 1 rings (SSSR count). The molecule has 0 aliphatic heterocycles. The maximum absolute atomic E-state index is 3.53. The Kier molecular flexibility index (Phi) is 3.77. The van der Waals surface area contributed by atoms with Gasteiger partial charge in [-0.05, 0) is 6.42 Å². The molecular formula is C8H13Br2N2+. The minimum Gasteiger partial charge on any atom is -0.226 e. The van der Waals surface area contributed by atoms with Crippen LogP contribution in [0.25, 0.3) is 0 Å². The van der Waals surface area contributed by atoms with Gasteiger partial charge in [0.15, 0.2) is 0 Å². The van der Waals surface area contributed by atoms with Gasteiger partial charge < -0.3 is 0 Å². The maximum atomic E-state index is 3.53. The van der Waals surface area contributed by atoms with E-state index in [0.29, 0.717) is 0 Å². The lowest BCUT2D eigenvalue weighted by atomic mass is 10.3. The molecule has 1 heterocycles. The summed E-state index contributed by atoms with van der Waals surface area (Å²) in [6, 6.07) is 0. The lowest BCUT2D eigenvalue weighted by Crippen LogP contribution is -2.26. The number of unbranched alkanes of at least 4 members (excludes halogenated alkanes) is 1. The van der Waals surface area contributed by atoms with Gasteiger partial charge in [-0.1, -0.05) is 13.3 Å². The Morgan fingerprint density at radius 3 is 2.58 bits per heavy atom. The Balaban J connectivity index is 2.79. The van der Waals surface area contributed by atoms with E-state index in [9.17, 15) is 0 Å². The van der Waals surface area contributed by atoms with Crippen molar-refractivity contribution < 1.29 is 4.57 Å². The standard InChI is InChI=1S/C8H13Br2N2/c1-3-4-5-12-6-11(2)7(9)8(12)10/h6H,3-5H2,1-2H3/q+1. The molecule has 68 valence electrons. The van der Waals surface area contributed by atoms with Gasteiger partial charge in [-0.2, -0.15) is 0 Å². The summed E-state index contributed by atoms with van der Waals surface area (Å²) < 4.78 is 6.48. The molecule has 0 amide bonds. The van der Waals surface area contributed by atoms with Crippen molar-refractivity contribution in [3.8, 4) is 0 Å². The van der Waals surface area contributed by atoms with Crippen LogP contribution in [0.4, 0.5) is 0 Å². The van der Waals surface area contributed by atoms with Crippen LogP contribution >= 0.6 is 31.9 Å². The molecule has 2 nitrogen and oxygen atoms in total. The van der Waals surface area contributed by atoms with Gasteiger partial charge in [-0.3, -0.25) is 0 Å². The fraction of sp³-hybridized carbons (Fsp3) is 0.625. The molecular weight excluding hydrogens is 284 g/mol. The third kappa shape index (κ3) is 2.10. The van der Waals surface area contributed by atoms with E-state index in [0.717, 1.165) is 15.8 Å². The maximum Gasteiger partial charge on any atom is 0.245 e. The molecule has 0 aliphatic carbocycles. The quantitative estimate of drug-likeness (QED) is 0.758. The van der Waals surface area contributed by atoms with Crippen LogP contribution in [0.1, 0.15) is 19.8 Å². The topological polar surface area (TPSA) is 8.81 Å². The lowest BCUT2D eigenvalue weighted by Gasteiger charge is -1.93. The van der Waals surface area contributed by atoms with Crippen LogP contribution < -0.4 is 4.57 Å². The summed E-state index contributed by atoms with van der Waals surface area (Å²) in [5.41, 5.74) is 0. The van der Waals surface area contributed by atoms with Gasteiger partial charge in [0.2, 0.25) is 15.5 Å². The average molecular weight is 297 g/mol. The Morgan fingerprint density at radius 2 is 2.17 bits per heavy atom. The number of aryl methyl sites for hydroxylation is 2. The van der Waals surface area contributed by atoms with E-state index in [1.807, 2.05) is 7.05 Å². The van der Waals surface area contributed by atoms with Gasteiger partial charge in [0.1, 0.15) is 0 Å². The first-order valence-electron chi connectivity index (χ1n) is 4.06. The van der Waals surface area contributed by atoms with E-state index >= 15 is 0 Å². The largest absolute Gasteiger partial charge is 0.245 e. The normalized spacial score (nSPS) is 10.7. The van der Waals surface area contributed by atoms with Crippen LogP contribution in [0.5, 0.6) is 0 Å². The van der Waals surface area contributed by atoms with Crippen LogP contribution in [-0.2, 0) is 13.6 Å². The number of aromatic nitrogens is 2. The Hall–Kier alpha value is 0.170. The highest BCUT2D eigenvalue weighted by Gasteiger charge is 2.15. The highest BCUT2D eigenvalue weighted by Crippen LogP contribution is 2.19. The Bertz CT molecular complexity index is 268. The molecule has 4 heteroatoms. The Labute approximate surface area is 89.8 Å². The molecule has 0 saturated heterocycles. The molecule has 1 aromatic rings. The minimum atomic E-state index is 1.08. The highest BCUT2D eigenvalue weighted by atomic mass is 79.9. The van der Waals surface area contributed by atoms with Gasteiger partial charge in [-0.15, -0.1) is 0 Å². The highest BCUT2D eigenvalue weighted by molar-refractivity contribution is 9.13. The Morgan fingerprint density at radius 1 is 1.50 bits per heavy atom. The second-order valence-corrected chi connectivity index (χ2v) is 4.36. The van der Waals surface area contributed by atoms with E-state index in [2.05, 4.69) is 54.2 Å². The van der Waals surface area contributed by atoms with Gasteiger partial charge in [0.05, 0.1) is 13.6 Å². The molecule has 0 aromatic carbocycles. The SMILES string of the molecule is CCCCn1c[n+](C)c(Br)c1Br. The van der Waals surface area contributed by atoms with Crippen molar-refractivity contribution in [2.45, 2.75) is 26.3 Å². The van der Waals surface area contributed by atoms with Crippen molar-refractivity contribution in [2.24, 2.45) is 7.05 Å². The fourth-order valence-corrected chi connectivity index (χ4v) is 1.93. The van der Waals surface area contributed by atoms with Crippen molar-refractivity contribution in [1.29, 1.82) is 0 Å². The number of hydrogen-bond donors (Lipinski definition) is 0. The molecule has 0 spiro atoms. The molecule has 0 N–H and O–H groups in total. The fourth-order valence-electron chi connectivity index (χ4n) is 1.06. The molecule has 12 heavy (non-hydrogen) atoms. The second-order valence-electron chi connectivity index (χ2n) is 2.85. The number of imidazole rings is 1. The summed E-state index contributed by atoms with van der Waals surface area (Å²) >= 11 is 7.01. The molecule has 0 radical (unpaired) electrons. The molecule has 0 atom stereocenters. The summed E-state index contributed by atoms with van der Waals surface area (Å²) in [7, 11) is 2.03. The van der Waals surface area contributed by atoms with Gasteiger partial charge >= 0.3 is 0 Å². The van der Waals surface area contributed by atoms with Crippen molar-refractivity contribution in [2.75, 3.05) is 0 Å². The second kappa shape index (κ2) is 4.42. The van der Waals surface area contributed by atoms with E-state index < -0.39 is 0 Å². The first-order chi connectivity index (χ1) is 5.66. The van der Waals surface area contributed by atoms with Crippen LogP contribution in [0, 0.1) is 0 Å². The zero-order chi connectivity index (χ0) is 9.14. The number of nitrogens with zero attached hydrogens (tertiary/aromatic N) is 2. The lowest BCUT2D eigenvalue weighted by molar-refractivity contribution is -0.682. The summed E-state index contributed by atoms with van der Waals surface area (Å²) in [5.74, 6) is 0. The summed E-state index contributed by atoms with van der Waals surface area (Å²) in [4.78, 5) is 0. The van der Waals surface area contributed by atoms with E-state index in [-0.39, 0.29) is 0 Å². The van der Waals surface area contributed by atoms with Crippen LogP contribution in [-0.4, -0.2) is 4.57 Å². The van der Waals surface area contributed by atoms with E-state index in [1.165, 1.54) is 12.8 Å². The summed E-state index contributed by atoms with van der Waals surface area (Å²) in [6.45, 7) is 3.28. The average Bonchev–Trinajstić information content (AvgIpc) is 2.30. The van der Waals surface area contributed by atoms with Crippen molar-refractivity contribution in [3.63, 3.8) is 0 Å². The predicted octanol–water partition coefficient (Wildman–Crippen LogP) is 2.64. The first-order valence-corrected chi connectivity index (χ1v) is 5.65. The summed E-state index contributed by atoms with van der Waals surface area (Å²) in [5, 5.41) is 0. The van der Waals surface area contributed by atoms with Gasteiger partial charge in [0.25, 0.3) is 0 Å². The smallest absolute Gasteiger partial charge is 0.226 e. The van der Waals surface area contributed by atoms with Crippen molar-refractivity contribution in [1.82, 2.24) is 4.57 Å². The van der Waals surface area contributed by atoms with E-state index in [4.69, 9.17) is 0 Å². The zero-order valence-electron chi connectivity index (χ0n) is 7.35. The molecule has 0 saturated carbocycles. The summed E-state index contributed by atoms with van der Waals surface area (Å²) in [6.07, 6.45) is 4.54. The van der Waals surface area contributed by atoms with Crippen molar-refractivity contribution >= 4 is 31.9 Å². The van der Waals surface area contributed by atoms with E-state index in [1.54, 1.807) is 0 Å². The van der Waals surface area contributed by atoms with Crippen molar-refractivity contribution in [3.05, 3.63) is 15.5 Å². The monoisotopic (exact) mass is 295 g/mol. The van der Waals surface area contributed by atoms with Crippen LogP contribution in [0.15, 0.2) is 15.5 Å². The zero-order valence-corrected chi connectivity index (χ0v) is 10.5. The first kappa shape index (κ1) is 10.3. The molecule has 0 fully saturated rings. The van der Waals surface area contributed by atoms with Crippen LogP contribution in [0.2, 0.25) is 0 Å². The molecule has 0 bridgehead atoms. The number of rotatable bonds is 3. The molecule has 0 aliphatic rings. The van der Waals surface area contributed by atoms with Gasteiger partial charge in [-0.25, -0.2) is 9.13 Å². The van der Waals surface area contributed by atoms with Crippen LogP contribution in [0.3, 0.4) is 0 Å². The molecule has 0 unspecified atom stereocenters. The molecule has 1 aromatic heterocycles. The number of halogens is 2. The minimum absolute atomic E-state index is 1.08. The third-order valence-electron chi connectivity index (χ3n) is 1.80.